The SMILES string of the molecule is CC1(c2nc(-c3ccccc3)nc(-n3c4ccccc4c4cc(-c5cccc6c5sc5ccccc56)ccc43)n2)C=CC=CC1. The van der Waals surface area contributed by atoms with E-state index < -0.39 is 0 Å². The van der Waals surface area contributed by atoms with Gasteiger partial charge in [0.05, 0.1) is 11.0 Å². The van der Waals surface area contributed by atoms with Crippen molar-refractivity contribution in [3.05, 3.63) is 145 Å². The van der Waals surface area contributed by atoms with E-state index in [2.05, 4.69) is 133 Å². The molecule has 5 heteroatoms. The van der Waals surface area contributed by atoms with Crippen molar-refractivity contribution in [2.24, 2.45) is 0 Å². The quantitative estimate of drug-likeness (QED) is 0.203. The van der Waals surface area contributed by atoms with Crippen LogP contribution in [0.25, 0.3) is 70.4 Å². The third-order valence-corrected chi connectivity index (χ3v) is 10.2. The van der Waals surface area contributed by atoms with Crippen LogP contribution in [0.15, 0.2) is 140 Å². The highest BCUT2D eigenvalue weighted by Crippen LogP contribution is 2.42. The lowest BCUT2D eigenvalue weighted by Gasteiger charge is -2.25. The average molecular weight is 597 g/mol. The zero-order valence-electron chi connectivity index (χ0n) is 24.7. The van der Waals surface area contributed by atoms with E-state index in [1.165, 1.54) is 42.1 Å². The molecule has 1 aliphatic carbocycles. The van der Waals surface area contributed by atoms with Gasteiger partial charge in [-0.15, -0.1) is 11.3 Å². The summed E-state index contributed by atoms with van der Waals surface area (Å²) in [5, 5.41) is 4.97. The zero-order chi connectivity index (χ0) is 30.0. The summed E-state index contributed by atoms with van der Waals surface area (Å²) in [5.74, 6) is 2.08. The summed E-state index contributed by atoms with van der Waals surface area (Å²) in [6, 6.07) is 40.9. The van der Waals surface area contributed by atoms with Crippen LogP contribution in [0.1, 0.15) is 19.2 Å². The predicted molar refractivity (Wildman–Crippen MR) is 188 cm³/mol. The van der Waals surface area contributed by atoms with E-state index in [9.17, 15) is 0 Å². The number of benzene rings is 5. The van der Waals surface area contributed by atoms with Gasteiger partial charge in [0, 0.05) is 41.9 Å². The van der Waals surface area contributed by atoms with Gasteiger partial charge in [-0.3, -0.25) is 4.57 Å². The Bertz CT molecular complexity index is 2480. The van der Waals surface area contributed by atoms with E-state index in [-0.39, 0.29) is 5.41 Å². The minimum Gasteiger partial charge on any atom is -0.278 e. The van der Waals surface area contributed by atoms with Crippen molar-refractivity contribution in [3.8, 4) is 28.5 Å². The number of hydrogen-bond donors (Lipinski definition) is 0. The number of fused-ring (bicyclic) bond motifs is 6. The molecule has 214 valence electrons. The molecule has 1 unspecified atom stereocenters. The normalized spacial score (nSPS) is 16.4. The predicted octanol–water partition coefficient (Wildman–Crippen LogP) is 10.4. The standard InChI is InChI=1S/C40H28N4S/c1-40(23-10-3-11-24-40)38-41-37(26-13-4-2-5-14-26)42-39(43-38)44-33-19-8-6-15-29(33)32-25-27(21-22-34(32)44)28-17-12-18-31-30-16-7-9-20-35(30)45-36(28)31/h2-23,25H,24H2,1H3. The van der Waals surface area contributed by atoms with E-state index in [0.717, 1.165) is 28.8 Å². The van der Waals surface area contributed by atoms with Crippen LogP contribution < -0.4 is 0 Å². The largest absolute Gasteiger partial charge is 0.278 e. The van der Waals surface area contributed by atoms with Gasteiger partial charge in [-0.05, 0) is 48.7 Å². The minimum atomic E-state index is -0.329. The molecule has 0 saturated heterocycles. The lowest BCUT2D eigenvalue weighted by Crippen LogP contribution is -2.24. The second-order valence-corrected chi connectivity index (χ2v) is 13.0. The Morgan fingerprint density at radius 1 is 0.644 bits per heavy atom. The summed E-state index contributed by atoms with van der Waals surface area (Å²) in [4.78, 5) is 15.4. The Kier molecular flexibility index (Phi) is 5.83. The molecule has 0 saturated carbocycles. The van der Waals surface area contributed by atoms with Crippen LogP contribution in [0.4, 0.5) is 0 Å². The fraction of sp³-hybridized carbons (Fsp3) is 0.0750. The molecule has 0 radical (unpaired) electrons. The molecule has 5 aromatic carbocycles. The van der Waals surface area contributed by atoms with E-state index in [4.69, 9.17) is 15.0 Å². The number of allylic oxidation sites excluding steroid dienone is 4. The first kappa shape index (κ1) is 26.1. The Hall–Kier alpha value is -5.39. The van der Waals surface area contributed by atoms with Crippen LogP contribution in [0.2, 0.25) is 0 Å². The smallest absolute Gasteiger partial charge is 0.238 e. The molecule has 8 aromatic rings. The number of thiophene rings is 1. The first-order chi connectivity index (χ1) is 22.2. The van der Waals surface area contributed by atoms with Crippen LogP contribution in [-0.2, 0) is 5.41 Å². The molecule has 0 amide bonds. The lowest BCUT2D eigenvalue weighted by atomic mass is 9.83. The van der Waals surface area contributed by atoms with Crippen molar-refractivity contribution in [3.63, 3.8) is 0 Å². The van der Waals surface area contributed by atoms with Gasteiger partial charge in [-0.1, -0.05) is 115 Å². The summed E-state index contributed by atoms with van der Waals surface area (Å²) in [5.41, 5.74) is 5.25. The molecule has 0 aliphatic heterocycles. The molecular weight excluding hydrogens is 569 g/mol. The van der Waals surface area contributed by atoms with Gasteiger partial charge in [0.25, 0.3) is 0 Å². The Labute approximate surface area is 264 Å². The van der Waals surface area contributed by atoms with Gasteiger partial charge < -0.3 is 0 Å². The third kappa shape index (κ3) is 4.15. The highest BCUT2D eigenvalue weighted by molar-refractivity contribution is 7.26. The van der Waals surface area contributed by atoms with Gasteiger partial charge in [-0.25, -0.2) is 4.98 Å². The maximum Gasteiger partial charge on any atom is 0.238 e. The maximum absolute atomic E-state index is 5.20. The van der Waals surface area contributed by atoms with Crippen LogP contribution in [0.5, 0.6) is 0 Å². The molecule has 0 spiro atoms. The Balaban J connectivity index is 1.29. The molecule has 4 nitrogen and oxygen atoms in total. The molecule has 0 N–H and O–H groups in total. The maximum atomic E-state index is 5.20. The molecule has 1 aliphatic rings. The second-order valence-electron chi connectivity index (χ2n) is 11.9. The molecule has 45 heavy (non-hydrogen) atoms. The summed E-state index contributed by atoms with van der Waals surface area (Å²) < 4.78 is 4.84. The fourth-order valence-corrected chi connectivity index (χ4v) is 7.90. The summed E-state index contributed by atoms with van der Waals surface area (Å²) in [6.07, 6.45) is 9.40. The highest BCUT2D eigenvalue weighted by atomic mass is 32.1. The monoisotopic (exact) mass is 596 g/mol. The van der Waals surface area contributed by atoms with Gasteiger partial charge in [0.1, 0.15) is 5.82 Å². The number of para-hydroxylation sites is 1. The zero-order valence-corrected chi connectivity index (χ0v) is 25.5. The van der Waals surface area contributed by atoms with Gasteiger partial charge in [0.15, 0.2) is 5.82 Å². The van der Waals surface area contributed by atoms with Crippen LogP contribution in [0, 0.1) is 0 Å². The number of aromatic nitrogens is 4. The molecule has 1 atom stereocenters. The first-order valence-electron chi connectivity index (χ1n) is 15.3. The van der Waals surface area contributed by atoms with Crippen molar-refractivity contribution < 1.29 is 0 Å². The third-order valence-electron chi connectivity index (χ3n) is 9.01. The van der Waals surface area contributed by atoms with Crippen LogP contribution in [-0.4, -0.2) is 19.5 Å². The summed E-state index contributed by atoms with van der Waals surface area (Å²) >= 11 is 1.87. The minimum absolute atomic E-state index is 0.329. The second kappa shape index (κ2) is 10.1. The van der Waals surface area contributed by atoms with E-state index in [0.29, 0.717) is 11.8 Å². The molecule has 3 aromatic heterocycles. The van der Waals surface area contributed by atoms with Crippen molar-refractivity contribution in [1.82, 2.24) is 19.5 Å². The summed E-state index contributed by atoms with van der Waals surface area (Å²) in [6.45, 7) is 2.20. The van der Waals surface area contributed by atoms with E-state index in [1.54, 1.807) is 0 Å². The van der Waals surface area contributed by atoms with Crippen molar-refractivity contribution in [1.29, 1.82) is 0 Å². The van der Waals surface area contributed by atoms with Crippen molar-refractivity contribution in [2.75, 3.05) is 0 Å². The van der Waals surface area contributed by atoms with Gasteiger partial charge in [-0.2, -0.15) is 9.97 Å². The van der Waals surface area contributed by atoms with Gasteiger partial charge >= 0.3 is 0 Å². The summed E-state index contributed by atoms with van der Waals surface area (Å²) in [7, 11) is 0. The molecule has 9 rings (SSSR count). The average Bonchev–Trinajstić information content (AvgIpc) is 3.64. The van der Waals surface area contributed by atoms with E-state index in [1.807, 2.05) is 29.5 Å². The molecular formula is C40H28N4S. The van der Waals surface area contributed by atoms with E-state index >= 15 is 0 Å². The highest BCUT2D eigenvalue weighted by Gasteiger charge is 2.29. The topological polar surface area (TPSA) is 43.6 Å². The van der Waals surface area contributed by atoms with Crippen LogP contribution in [0.3, 0.4) is 0 Å². The number of nitrogens with zero attached hydrogens (tertiary/aromatic N) is 4. The fourth-order valence-electron chi connectivity index (χ4n) is 6.66. The van der Waals surface area contributed by atoms with Gasteiger partial charge in [0.2, 0.25) is 5.95 Å². The van der Waals surface area contributed by atoms with Crippen molar-refractivity contribution >= 4 is 53.3 Å². The Morgan fingerprint density at radius 2 is 1.42 bits per heavy atom. The number of hydrogen-bond acceptors (Lipinski definition) is 4. The molecule has 3 heterocycles. The lowest BCUT2D eigenvalue weighted by molar-refractivity contribution is 0.551. The Morgan fingerprint density at radius 3 is 2.29 bits per heavy atom. The first-order valence-corrected chi connectivity index (χ1v) is 16.1. The number of rotatable bonds is 4. The molecule has 0 fully saturated rings. The van der Waals surface area contributed by atoms with Crippen LogP contribution >= 0.6 is 11.3 Å². The molecule has 0 bridgehead atoms. The van der Waals surface area contributed by atoms with Crippen molar-refractivity contribution in [2.45, 2.75) is 18.8 Å².